The van der Waals surface area contributed by atoms with E-state index >= 15 is 0 Å². The van der Waals surface area contributed by atoms with E-state index in [0.717, 1.165) is 36.8 Å². The van der Waals surface area contributed by atoms with Crippen molar-refractivity contribution in [3.8, 4) is 0 Å². The lowest BCUT2D eigenvalue weighted by atomic mass is 9.88. The molecule has 24 heavy (non-hydrogen) atoms. The molecule has 1 amide bonds. The smallest absolute Gasteiger partial charge is 0.328 e. The van der Waals surface area contributed by atoms with Gasteiger partial charge in [-0.15, -0.1) is 0 Å². The molecule has 0 heterocycles. The number of amides is 1. The molecular weight excluding hydrogens is 310 g/mol. The zero-order valence-electron chi connectivity index (χ0n) is 15.5. The van der Waals surface area contributed by atoms with E-state index in [4.69, 9.17) is 0 Å². The molecule has 0 fully saturated rings. The van der Waals surface area contributed by atoms with Crippen molar-refractivity contribution < 1.29 is 23.9 Å². The molecule has 0 aliphatic heterocycles. The molecule has 0 aromatic carbocycles. The van der Waals surface area contributed by atoms with Crippen LogP contribution in [0, 0.1) is 5.92 Å². The van der Waals surface area contributed by atoms with Crippen LogP contribution in [0.5, 0.6) is 0 Å². The number of Topliss-reactive ketones (excluding diaryl/α,β-unsaturated/α-hetero) is 2. The summed E-state index contributed by atoms with van der Waals surface area (Å²) in [5.41, 5.74) is 1.54. The van der Waals surface area contributed by atoms with E-state index in [-0.39, 0.29) is 23.4 Å². The number of nitrogens with one attached hydrogen (secondary N) is 1. The molecule has 1 aliphatic rings. The fourth-order valence-electron chi connectivity index (χ4n) is 2.53. The lowest BCUT2D eigenvalue weighted by Gasteiger charge is -2.18. The Balaban J connectivity index is 0.000000441. The molecule has 1 N–H and O–H groups in total. The van der Waals surface area contributed by atoms with Crippen LogP contribution in [-0.4, -0.2) is 36.6 Å². The maximum Gasteiger partial charge on any atom is 0.328 e. The molecule has 1 aliphatic carbocycles. The van der Waals surface area contributed by atoms with Crippen LogP contribution in [-0.2, 0) is 23.9 Å². The number of carbonyl (C=O) groups excluding carboxylic acids is 4. The number of esters is 1. The lowest BCUT2D eigenvalue weighted by Crippen LogP contribution is -2.44. The van der Waals surface area contributed by atoms with Crippen molar-refractivity contribution in [1.82, 2.24) is 5.32 Å². The normalized spacial score (nSPS) is 15.1. The molecule has 136 valence electrons. The van der Waals surface area contributed by atoms with E-state index in [9.17, 15) is 19.2 Å². The minimum atomic E-state index is -0.535. The van der Waals surface area contributed by atoms with Crippen molar-refractivity contribution >= 4 is 23.4 Å². The second kappa shape index (κ2) is 10.7. The molecule has 1 rings (SSSR count). The molecular formula is C18H29NO5. The Morgan fingerprint density at radius 2 is 1.33 bits per heavy atom. The molecule has 0 aromatic heterocycles. The summed E-state index contributed by atoms with van der Waals surface area (Å²) in [6.45, 7) is 8.15. The fraction of sp³-hybridized carbons (Fsp3) is 0.667. The van der Waals surface area contributed by atoms with Gasteiger partial charge in [0.2, 0.25) is 5.91 Å². The zero-order valence-corrected chi connectivity index (χ0v) is 15.5. The summed E-state index contributed by atoms with van der Waals surface area (Å²) in [5.74, 6) is -0.444. The lowest BCUT2D eigenvalue weighted by molar-refractivity contribution is -0.146. The average Bonchev–Trinajstić information content (AvgIpc) is 2.51. The van der Waals surface area contributed by atoms with Crippen molar-refractivity contribution in [3.05, 3.63) is 11.1 Å². The summed E-state index contributed by atoms with van der Waals surface area (Å²) < 4.78 is 4.52. The fourth-order valence-corrected chi connectivity index (χ4v) is 2.53. The van der Waals surface area contributed by atoms with Gasteiger partial charge in [0.15, 0.2) is 11.6 Å². The SMILES string of the molecule is CC(=O)C1=C(C(C)=O)CCCC1.COC(=O)C(NC(C)=O)C(C)C. The van der Waals surface area contributed by atoms with Crippen molar-refractivity contribution in [2.45, 2.75) is 66.3 Å². The summed E-state index contributed by atoms with van der Waals surface area (Å²) in [5, 5.41) is 2.52. The monoisotopic (exact) mass is 339 g/mol. The van der Waals surface area contributed by atoms with Gasteiger partial charge in [0.05, 0.1) is 7.11 Å². The Morgan fingerprint density at radius 1 is 0.917 bits per heavy atom. The van der Waals surface area contributed by atoms with Crippen LogP contribution in [0.2, 0.25) is 0 Å². The Hall–Kier alpha value is -1.98. The van der Waals surface area contributed by atoms with Gasteiger partial charge in [0.1, 0.15) is 6.04 Å². The third kappa shape index (κ3) is 7.53. The first-order valence-electron chi connectivity index (χ1n) is 8.20. The number of methoxy groups -OCH3 is 1. The van der Waals surface area contributed by atoms with Crippen molar-refractivity contribution in [2.24, 2.45) is 5.92 Å². The minimum absolute atomic E-state index is 0.0429. The van der Waals surface area contributed by atoms with Gasteiger partial charge in [0.25, 0.3) is 0 Å². The van der Waals surface area contributed by atoms with Crippen molar-refractivity contribution in [3.63, 3.8) is 0 Å². The number of ketones is 2. The number of allylic oxidation sites excluding steroid dienone is 2. The molecule has 0 aromatic rings. The van der Waals surface area contributed by atoms with Gasteiger partial charge >= 0.3 is 5.97 Å². The third-order valence-corrected chi connectivity index (χ3v) is 3.80. The van der Waals surface area contributed by atoms with Gasteiger partial charge in [0, 0.05) is 18.1 Å². The van der Waals surface area contributed by atoms with Gasteiger partial charge in [-0.1, -0.05) is 13.8 Å². The molecule has 0 saturated heterocycles. The Labute approximate surface area is 144 Å². The molecule has 6 nitrogen and oxygen atoms in total. The highest BCUT2D eigenvalue weighted by Gasteiger charge is 2.23. The van der Waals surface area contributed by atoms with Crippen LogP contribution < -0.4 is 5.32 Å². The number of hydrogen-bond acceptors (Lipinski definition) is 5. The Morgan fingerprint density at radius 3 is 1.58 bits per heavy atom. The highest BCUT2D eigenvalue weighted by Crippen LogP contribution is 2.25. The molecule has 6 heteroatoms. The van der Waals surface area contributed by atoms with Crippen LogP contribution in [0.1, 0.15) is 60.3 Å². The number of rotatable bonds is 5. The first-order valence-corrected chi connectivity index (χ1v) is 8.20. The molecule has 0 saturated carbocycles. The van der Waals surface area contributed by atoms with E-state index in [1.54, 1.807) is 13.8 Å². The minimum Gasteiger partial charge on any atom is -0.467 e. The van der Waals surface area contributed by atoms with Gasteiger partial charge in [-0.25, -0.2) is 4.79 Å². The molecule has 0 radical (unpaired) electrons. The summed E-state index contributed by atoms with van der Waals surface area (Å²) in [4.78, 5) is 43.9. The second-order valence-electron chi connectivity index (χ2n) is 6.22. The predicted molar refractivity (Wildman–Crippen MR) is 91.3 cm³/mol. The first-order chi connectivity index (χ1) is 11.1. The number of carbonyl (C=O) groups is 4. The predicted octanol–water partition coefficient (Wildman–Crippen LogP) is 2.36. The second-order valence-corrected chi connectivity index (χ2v) is 6.22. The Kier molecular flexibility index (Phi) is 9.85. The van der Waals surface area contributed by atoms with E-state index in [1.807, 2.05) is 13.8 Å². The Bertz CT molecular complexity index is 494. The highest BCUT2D eigenvalue weighted by atomic mass is 16.5. The average molecular weight is 339 g/mol. The van der Waals surface area contributed by atoms with Crippen molar-refractivity contribution in [1.29, 1.82) is 0 Å². The van der Waals surface area contributed by atoms with E-state index in [2.05, 4.69) is 10.1 Å². The van der Waals surface area contributed by atoms with Gasteiger partial charge < -0.3 is 10.1 Å². The molecule has 1 atom stereocenters. The number of hydrogen-bond donors (Lipinski definition) is 1. The van der Waals surface area contributed by atoms with Gasteiger partial charge in [-0.3, -0.25) is 14.4 Å². The highest BCUT2D eigenvalue weighted by molar-refractivity contribution is 6.04. The quantitative estimate of drug-likeness (QED) is 0.777. The van der Waals surface area contributed by atoms with Crippen LogP contribution in [0.25, 0.3) is 0 Å². The topological polar surface area (TPSA) is 89.5 Å². The van der Waals surface area contributed by atoms with E-state index < -0.39 is 12.0 Å². The first kappa shape index (κ1) is 22.0. The van der Waals surface area contributed by atoms with Crippen LogP contribution >= 0.6 is 0 Å². The summed E-state index contributed by atoms with van der Waals surface area (Å²) >= 11 is 0. The summed E-state index contributed by atoms with van der Waals surface area (Å²) in [6, 6.07) is -0.535. The van der Waals surface area contributed by atoms with Gasteiger partial charge in [-0.2, -0.15) is 0 Å². The van der Waals surface area contributed by atoms with E-state index in [0.29, 0.717) is 0 Å². The van der Waals surface area contributed by atoms with Crippen molar-refractivity contribution in [2.75, 3.05) is 7.11 Å². The molecule has 0 spiro atoms. The van der Waals surface area contributed by atoms with Crippen LogP contribution in [0.3, 0.4) is 0 Å². The number of ether oxygens (including phenoxy) is 1. The maximum atomic E-state index is 11.1. The standard InChI is InChI=1S/C10H14O2.C8H15NO3/c1-7(11)9-5-3-4-6-10(9)8(2)12;1-5(2)7(8(11)12-4)9-6(3)10/h3-6H2,1-2H3;5,7H,1-4H3,(H,9,10). The summed E-state index contributed by atoms with van der Waals surface area (Å²) in [6.07, 6.45) is 3.69. The van der Waals surface area contributed by atoms with Crippen LogP contribution in [0.4, 0.5) is 0 Å². The van der Waals surface area contributed by atoms with Crippen LogP contribution in [0.15, 0.2) is 11.1 Å². The molecule has 0 bridgehead atoms. The van der Waals surface area contributed by atoms with E-state index in [1.165, 1.54) is 14.0 Å². The van der Waals surface area contributed by atoms with Gasteiger partial charge in [-0.05, 0) is 45.4 Å². The molecule has 1 unspecified atom stereocenters. The summed E-state index contributed by atoms with van der Waals surface area (Å²) in [7, 11) is 1.31. The largest absolute Gasteiger partial charge is 0.467 e. The zero-order chi connectivity index (χ0) is 18.9. The third-order valence-electron chi connectivity index (χ3n) is 3.80. The maximum absolute atomic E-state index is 11.1.